The molecular weight excluding hydrogens is 396 g/mol. The van der Waals surface area contributed by atoms with Gasteiger partial charge in [-0.3, -0.25) is 5.41 Å². The molecule has 2 aromatic rings. The molecule has 2 rings (SSSR count). The van der Waals surface area contributed by atoms with E-state index in [-0.39, 0.29) is 22.5 Å². The number of hydrogen-bond acceptors (Lipinski definition) is 10. The average Bonchev–Trinajstić information content (AvgIpc) is 2.65. The first kappa shape index (κ1) is 22.3. The fourth-order valence-electron chi connectivity index (χ4n) is 2.52. The summed E-state index contributed by atoms with van der Waals surface area (Å²) < 4.78 is 0. The Bertz CT molecular complexity index is 898. The average molecular weight is 421 g/mol. The van der Waals surface area contributed by atoms with Gasteiger partial charge in [-0.1, -0.05) is 17.7 Å². The van der Waals surface area contributed by atoms with E-state index in [1.54, 1.807) is 39.1 Å². The third-order valence-corrected chi connectivity index (χ3v) is 4.01. The van der Waals surface area contributed by atoms with Crippen molar-refractivity contribution in [3.63, 3.8) is 0 Å². The SMILES string of the molecule is CNc1nc(Nc2cccc(NCC(C)(C)O)c2C=N)nc(NCO)c1C(=N)Cl. The van der Waals surface area contributed by atoms with Crippen LogP contribution in [-0.4, -0.2) is 57.5 Å². The number of aromatic nitrogens is 2. The third kappa shape index (κ3) is 5.76. The molecule has 0 spiro atoms. The highest BCUT2D eigenvalue weighted by Gasteiger charge is 2.18. The van der Waals surface area contributed by atoms with Crippen molar-refractivity contribution in [2.24, 2.45) is 0 Å². The summed E-state index contributed by atoms with van der Waals surface area (Å²) in [6.45, 7) is 3.27. The number of halogens is 1. The van der Waals surface area contributed by atoms with E-state index in [0.717, 1.165) is 0 Å². The molecule has 0 saturated heterocycles. The van der Waals surface area contributed by atoms with E-state index >= 15 is 0 Å². The number of nitrogens with one attached hydrogen (secondary N) is 6. The summed E-state index contributed by atoms with van der Waals surface area (Å²) in [6.07, 6.45) is 1.18. The van der Waals surface area contributed by atoms with Crippen LogP contribution in [0.4, 0.5) is 29.0 Å². The van der Waals surface area contributed by atoms with Crippen molar-refractivity contribution in [1.82, 2.24) is 9.97 Å². The quantitative estimate of drug-likeness (QED) is 0.214. The Kier molecular flexibility index (Phi) is 7.32. The molecule has 0 unspecified atom stereocenters. The van der Waals surface area contributed by atoms with Crippen molar-refractivity contribution in [3.05, 3.63) is 29.3 Å². The summed E-state index contributed by atoms with van der Waals surface area (Å²) in [5.41, 5.74) is 1.08. The molecule has 0 bridgehead atoms. The molecule has 0 aliphatic carbocycles. The van der Waals surface area contributed by atoms with Gasteiger partial charge < -0.3 is 36.9 Å². The Morgan fingerprint density at radius 1 is 1.21 bits per heavy atom. The predicted molar refractivity (Wildman–Crippen MR) is 117 cm³/mol. The summed E-state index contributed by atoms with van der Waals surface area (Å²) in [5.74, 6) is 0.655. The maximum absolute atomic E-state index is 9.94. The molecule has 8 N–H and O–H groups in total. The summed E-state index contributed by atoms with van der Waals surface area (Å²) in [5, 5.41) is 46.1. The Morgan fingerprint density at radius 3 is 2.41 bits per heavy atom. The van der Waals surface area contributed by atoms with Gasteiger partial charge in [0.15, 0.2) is 0 Å². The van der Waals surface area contributed by atoms with E-state index < -0.39 is 12.3 Å². The van der Waals surface area contributed by atoms with Crippen molar-refractivity contribution in [1.29, 1.82) is 10.8 Å². The van der Waals surface area contributed by atoms with Crippen LogP contribution in [0.2, 0.25) is 0 Å². The molecule has 1 heterocycles. The van der Waals surface area contributed by atoms with Crippen molar-refractivity contribution < 1.29 is 10.2 Å². The van der Waals surface area contributed by atoms with Crippen LogP contribution < -0.4 is 21.3 Å². The molecule has 29 heavy (non-hydrogen) atoms. The fourth-order valence-corrected chi connectivity index (χ4v) is 2.70. The van der Waals surface area contributed by atoms with Gasteiger partial charge in [0, 0.05) is 31.1 Å². The molecule has 0 radical (unpaired) electrons. The van der Waals surface area contributed by atoms with Crippen LogP contribution in [0, 0.1) is 10.8 Å². The standard InChI is InChI=1S/C18H25ClN8O2/c1-18(2,29)8-23-11-5-4-6-12(10(11)7-20)25-17-26-15(22-3)13(14(19)21)16(27-17)24-9-28/h4-7,20-21,23,28-29H,8-9H2,1-3H3,(H3,22,24,25,26,27). The zero-order valence-corrected chi connectivity index (χ0v) is 17.1. The zero-order chi connectivity index (χ0) is 21.6. The van der Waals surface area contributed by atoms with Gasteiger partial charge >= 0.3 is 0 Å². The van der Waals surface area contributed by atoms with Crippen LogP contribution in [0.3, 0.4) is 0 Å². The highest BCUT2D eigenvalue weighted by atomic mass is 35.5. The van der Waals surface area contributed by atoms with Crippen molar-refractivity contribution in [3.8, 4) is 0 Å². The Hall–Kier alpha value is -2.95. The molecule has 0 amide bonds. The minimum atomic E-state index is -0.916. The minimum absolute atomic E-state index is 0.176. The zero-order valence-electron chi connectivity index (χ0n) is 16.4. The van der Waals surface area contributed by atoms with E-state index in [0.29, 0.717) is 29.3 Å². The van der Waals surface area contributed by atoms with Gasteiger partial charge in [0.05, 0.1) is 16.9 Å². The molecule has 11 heteroatoms. The molecule has 0 fully saturated rings. The smallest absolute Gasteiger partial charge is 0.231 e. The first-order valence-corrected chi connectivity index (χ1v) is 9.13. The molecule has 0 aliphatic heterocycles. The van der Waals surface area contributed by atoms with Gasteiger partial charge in [-0.15, -0.1) is 0 Å². The van der Waals surface area contributed by atoms with E-state index in [1.165, 1.54) is 6.21 Å². The van der Waals surface area contributed by atoms with Gasteiger partial charge in [-0.2, -0.15) is 9.97 Å². The van der Waals surface area contributed by atoms with Crippen molar-refractivity contribution >= 4 is 51.9 Å². The monoisotopic (exact) mass is 420 g/mol. The maximum Gasteiger partial charge on any atom is 0.231 e. The summed E-state index contributed by atoms with van der Waals surface area (Å²) in [7, 11) is 1.63. The number of benzene rings is 1. The maximum atomic E-state index is 9.94. The second-order valence-corrected chi connectivity index (χ2v) is 7.10. The van der Waals surface area contributed by atoms with E-state index in [4.69, 9.17) is 22.4 Å². The highest BCUT2D eigenvalue weighted by Crippen LogP contribution is 2.29. The predicted octanol–water partition coefficient (Wildman–Crippen LogP) is 2.37. The normalized spacial score (nSPS) is 11.0. The van der Waals surface area contributed by atoms with Crippen LogP contribution in [0.15, 0.2) is 18.2 Å². The molecule has 156 valence electrons. The minimum Gasteiger partial charge on any atom is -0.389 e. The molecule has 0 aliphatic rings. The molecule has 10 nitrogen and oxygen atoms in total. The Morgan fingerprint density at radius 2 is 1.86 bits per heavy atom. The number of hydrogen-bond donors (Lipinski definition) is 8. The van der Waals surface area contributed by atoms with Gasteiger partial charge in [0.2, 0.25) is 5.95 Å². The lowest BCUT2D eigenvalue weighted by Gasteiger charge is -2.21. The first-order chi connectivity index (χ1) is 13.7. The van der Waals surface area contributed by atoms with E-state index in [1.807, 2.05) is 0 Å². The van der Waals surface area contributed by atoms with Crippen molar-refractivity contribution in [2.45, 2.75) is 19.4 Å². The third-order valence-electron chi connectivity index (χ3n) is 3.82. The Balaban J connectivity index is 2.44. The number of anilines is 5. The van der Waals surface area contributed by atoms with Crippen LogP contribution in [0.1, 0.15) is 25.0 Å². The van der Waals surface area contributed by atoms with Gasteiger partial charge in [0.1, 0.15) is 23.5 Å². The lowest BCUT2D eigenvalue weighted by Crippen LogP contribution is -2.29. The van der Waals surface area contributed by atoms with Gasteiger partial charge in [-0.25, -0.2) is 0 Å². The Labute approximate surface area is 173 Å². The molecule has 0 saturated carbocycles. The number of aliphatic hydroxyl groups excluding tert-OH is 1. The fraction of sp³-hybridized carbons (Fsp3) is 0.333. The lowest BCUT2D eigenvalue weighted by molar-refractivity contribution is 0.0945. The second kappa shape index (κ2) is 9.50. The summed E-state index contributed by atoms with van der Waals surface area (Å²) in [4.78, 5) is 8.61. The molecule has 1 aromatic carbocycles. The highest BCUT2D eigenvalue weighted by molar-refractivity contribution is 6.69. The van der Waals surface area contributed by atoms with Crippen LogP contribution in [0.25, 0.3) is 0 Å². The number of aliphatic hydroxyl groups is 2. The van der Waals surface area contributed by atoms with Crippen molar-refractivity contribution in [2.75, 3.05) is 41.6 Å². The largest absolute Gasteiger partial charge is 0.389 e. The number of nitrogens with zero attached hydrogens (tertiary/aromatic N) is 2. The summed E-state index contributed by atoms with van der Waals surface area (Å²) >= 11 is 5.84. The molecule has 1 aromatic heterocycles. The lowest BCUT2D eigenvalue weighted by atomic mass is 10.1. The molecular formula is C18H25ClN8O2. The van der Waals surface area contributed by atoms with E-state index in [2.05, 4.69) is 31.2 Å². The van der Waals surface area contributed by atoms with Crippen LogP contribution >= 0.6 is 11.6 Å². The van der Waals surface area contributed by atoms with Crippen LogP contribution in [-0.2, 0) is 0 Å². The topological polar surface area (TPSA) is 162 Å². The molecule has 0 atom stereocenters. The first-order valence-electron chi connectivity index (χ1n) is 8.76. The summed E-state index contributed by atoms with van der Waals surface area (Å²) in [6, 6.07) is 5.35. The van der Waals surface area contributed by atoms with Gasteiger partial charge in [-0.05, 0) is 26.0 Å². The van der Waals surface area contributed by atoms with Gasteiger partial charge in [0.25, 0.3) is 0 Å². The van der Waals surface area contributed by atoms with Crippen LogP contribution in [0.5, 0.6) is 0 Å². The second-order valence-electron chi connectivity index (χ2n) is 6.72. The number of rotatable bonds is 10. The van der Waals surface area contributed by atoms with E-state index in [9.17, 15) is 10.2 Å².